The first-order valence-corrected chi connectivity index (χ1v) is 4.45. The van der Waals surface area contributed by atoms with E-state index in [4.69, 9.17) is 10.8 Å². The van der Waals surface area contributed by atoms with Crippen molar-refractivity contribution in [3.63, 3.8) is 0 Å². The Hall–Kier alpha value is -1.26. The molecule has 1 aromatic rings. The molecule has 78 valence electrons. The van der Waals surface area contributed by atoms with Gasteiger partial charge in [-0.25, -0.2) is 0 Å². The van der Waals surface area contributed by atoms with Crippen molar-refractivity contribution >= 4 is 0 Å². The molecule has 14 heavy (non-hydrogen) atoms. The monoisotopic (exact) mass is 197 g/mol. The molecule has 0 radical (unpaired) electrons. The van der Waals surface area contributed by atoms with Gasteiger partial charge in [0.2, 0.25) is 0 Å². The first-order chi connectivity index (χ1) is 6.56. The van der Waals surface area contributed by atoms with Crippen molar-refractivity contribution < 1.29 is 15.3 Å². The highest BCUT2D eigenvalue weighted by molar-refractivity contribution is 5.47. The summed E-state index contributed by atoms with van der Waals surface area (Å²) < 4.78 is 0. The molecule has 0 heterocycles. The third-order valence-electron chi connectivity index (χ3n) is 2.09. The number of nitrogens with two attached hydrogens (primary N) is 1. The van der Waals surface area contributed by atoms with E-state index >= 15 is 0 Å². The van der Waals surface area contributed by atoms with E-state index in [1.165, 1.54) is 12.1 Å². The molecule has 4 heteroatoms. The normalized spacial score (nSPS) is 12.8. The number of aryl methyl sites for hydroxylation is 1. The van der Waals surface area contributed by atoms with Crippen LogP contribution in [0, 0.1) is 6.92 Å². The van der Waals surface area contributed by atoms with Crippen LogP contribution >= 0.6 is 0 Å². The number of rotatable bonds is 3. The second-order valence-electron chi connectivity index (χ2n) is 3.34. The third kappa shape index (κ3) is 2.16. The minimum atomic E-state index is -0.541. The number of aliphatic hydroxyl groups excluding tert-OH is 1. The third-order valence-corrected chi connectivity index (χ3v) is 2.09. The molecule has 1 rings (SSSR count). The van der Waals surface area contributed by atoms with Gasteiger partial charge in [-0.3, -0.25) is 0 Å². The molecule has 0 saturated carbocycles. The van der Waals surface area contributed by atoms with Gasteiger partial charge in [0.15, 0.2) is 0 Å². The Morgan fingerprint density at radius 2 is 1.79 bits per heavy atom. The van der Waals surface area contributed by atoms with Gasteiger partial charge in [-0.1, -0.05) is 0 Å². The Bertz CT molecular complexity index is 302. The molecule has 0 bridgehead atoms. The highest BCUT2D eigenvalue weighted by Crippen LogP contribution is 2.33. The fourth-order valence-electron chi connectivity index (χ4n) is 1.42. The van der Waals surface area contributed by atoms with Crippen molar-refractivity contribution in [3.8, 4) is 11.5 Å². The van der Waals surface area contributed by atoms with E-state index in [-0.39, 0.29) is 18.1 Å². The lowest BCUT2D eigenvalue weighted by Gasteiger charge is -2.14. The van der Waals surface area contributed by atoms with E-state index in [0.29, 0.717) is 12.0 Å². The van der Waals surface area contributed by atoms with Crippen LogP contribution in [0.5, 0.6) is 11.5 Å². The fraction of sp³-hybridized carbons (Fsp3) is 0.400. The molecule has 0 aliphatic heterocycles. The molecule has 5 N–H and O–H groups in total. The van der Waals surface area contributed by atoms with Gasteiger partial charge in [-0.15, -0.1) is 0 Å². The van der Waals surface area contributed by atoms with Crippen molar-refractivity contribution in [2.24, 2.45) is 5.73 Å². The maximum absolute atomic E-state index is 9.55. The van der Waals surface area contributed by atoms with Crippen molar-refractivity contribution in [3.05, 3.63) is 23.3 Å². The van der Waals surface area contributed by atoms with Crippen LogP contribution in [0.1, 0.15) is 23.6 Å². The van der Waals surface area contributed by atoms with Crippen LogP contribution in [0.25, 0.3) is 0 Å². The summed E-state index contributed by atoms with van der Waals surface area (Å²) in [5, 5.41) is 27.8. The molecular formula is C10H15NO3. The molecule has 0 amide bonds. The summed E-state index contributed by atoms with van der Waals surface area (Å²) in [6.07, 6.45) is 0.310. The maximum Gasteiger partial charge on any atom is 0.124 e. The predicted octanol–water partition coefficient (Wildman–Crippen LogP) is 0.788. The first-order valence-electron chi connectivity index (χ1n) is 4.45. The minimum Gasteiger partial charge on any atom is -0.507 e. The Morgan fingerprint density at radius 3 is 2.21 bits per heavy atom. The summed E-state index contributed by atoms with van der Waals surface area (Å²) in [4.78, 5) is 0. The Labute approximate surface area is 82.6 Å². The van der Waals surface area contributed by atoms with Gasteiger partial charge in [0.05, 0.1) is 5.56 Å². The fourth-order valence-corrected chi connectivity index (χ4v) is 1.42. The summed E-state index contributed by atoms with van der Waals surface area (Å²) in [7, 11) is 0. The SMILES string of the molecule is Cc1cc(O)c([C@@H](N)CCO)c(O)c1. The van der Waals surface area contributed by atoms with E-state index in [2.05, 4.69) is 0 Å². The lowest BCUT2D eigenvalue weighted by Crippen LogP contribution is -2.12. The molecule has 0 saturated heterocycles. The van der Waals surface area contributed by atoms with Gasteiger partial charge in [-0.05, 0) is 31.0 Å². The van der Waals surface area contributed by atoms with Crippen molar-refractivity contribution in [1.29, 1.82) is 0 Å². The van der Waals surface area contributed by atoms with Crippen LogP contribution in [-0.4, -0.2) is 21.9 Å². The molecule has 1 atom stereocenters. The average Bonchev–Trinajstić information content (AvgIpc) is 2.01. The summed E-state index contributed by atoms with van der Waals surface area (Å²) in [6.45, 7) is 1.69. The standard InChI is InChI=1S/C10H15NO3/c1-6-4-8(13)10(9(14)5-6)7(11)2-3-12/h4-5,7,12-14H,2-3,11H2,1H3/t7-/m0/s1. The quantitative estimate of drug-likeness (QED) is 0.577. The number of aromatic hydroxyl groups is 2. The summed E-state index contributed by atoms with van der Waals surface area (Å²) in [6, 6.07) is 2.53. The molecule has 4 nitrogen and oxygen atoms in total. The molecule has 0 aliphatic rings. The van der Waals surface area contributed by atoms with Crippen molar-refractivity contribution in [2.75, 3.05) is 6.61 Å². The smallest absolute Gasteiger partial charge is 0.124 e. The molecule has 0 aromatic heterocycles. The Kier molecular flexibility index (Phi) is 3.33. The zero-order valence-corrected chi connectivity index (χ0v) is 8.07. The highest BCUT2D eigenvalue weighted by atomic mass is 16.3. The van der Waals surface area contributed by atoms with Gasteiger partial charge in [-0.2, -0.15) is 0 Å². The topological polar surface area (TPSA) is 86.7 Å². The van der Waals surface area contributed by atoms with E-state index in [1.54, 1.807) is 6.92 Å². The van der Waals surface area contributed by atoms with Crippen LogP contribution in [-0.2, 0) is 0 Å². The zero-order valence-electron chi connectivity index (χ0n) is 8.07. The average molecular weight is 197 g/mol. The molecule has 0 spiro atoms. The maximum atomic E-state index is 9.55. The van der Waals surface area contributed by atoms with Crippen molar-refractivity contribution in [1.82, 2.24) is 0 Å². The Morgan fingerprint density at radius 1 is 1.29 bits per heavy atom. The van der Waals surface area contributed by atoms with Crippen molar-refractivity contribution in [2.45, 2.75) is 19.4 Å². The zero-order chi connectivity index (χ0) is 10.7. The van der Waals surface area contributed by atoms with Crippen LogP contribution in [0.4, 0.5) is 0 Å². The number of aliphatic hydroxyl groups is 1. The molecule has 1 aromatic carbocycles. The van der Waals surface area contributed by atoms with Gasteiger partial charge in [0.1, 0.15) is 11.5 Å². The second-order valence-corrected chi connectivity index (χ2v) is 3.34. The Balaban J connectivity index is 3.07. The van der Waals surface area contributed by atoms with Gasteiger partial charge < -0.3 is 21.1 Å². The van der Waals surface area contributed by atoms with Crippen LogP contribution in [0.2, 0.25) is 0 Å². The molecule has 0 unspecified atom stereocenters. The van der Waals surface area contributed by atoms with E-state index in [9.17, 15) is 10.2 Å². The second kappa shape index (κ2) is 4.30. The van der Waals surface area contributed by atoms with Crippen LogP contribution < -0.4 is 5.73 Å². The van der Waals surface area contributed by atoms with E-state index < -0.39 is 6.04 Å². The lowest BCUT2D eigenvalue weighted by molar-refractivity contribution is 0.274. The van der Waals surface area contributed by atoms with Gasteiger partial charge >= 0.3 is 0 Å². The van der Waals surface area contributed by atoms with E-state index in [1.807, 2.05) is 0 Å². The molecular weight excluding hydrogens is 182 g/mol. The van der Waals surface area contributed by atoms with Gasteiger partial charge in [0.25, 0.3) is 0 Å². The minimum absolute atomic E-state index is 0.0246. The lowest BCUT2D eigenvalue weighted by atomic mass is 10.0. The number of phenols is 2. The predicted molar refractivity (Wildman–Crippen MR) is 53.1 cm³/mol. The number of phenolic OH excluding ortho intramolecular Hbond substituents is 2. The summed E-state index contributed by atoms with van der Waals surface area (Å²) in [5.74, 6) is -0.0492. The number of benzene rings is 1. The van der Waals surface area contributed by atoms with Crippen LogP contribution in [0.15, 0.2) is 12.1 Å². The molecule has 0 fully saturated rings. The summed E-state index contributed by atoms with van der Waals surface area (Å²) >= 11 is 0. The first kappa shape index (κ1) is 10.8. The number of hydrogen-bond acceptors (Lipinski definition) is 4. The van der Waals surface area contributed by atoms with E-state index in [0.717, 1.165) is 5.56 Å². The van der Waals surface area contributed by atoms with Gasteiger partial charge in [0, 0.05) is 12.6 Å². The highest BCUT2D eigenvalue weighted by Gasteiger charge is 2.15. The largest absolute Gasteiger partial charge is 0.507 e. The molecule has 0 aliphatic carbocycles. The number of hydrogen-bond donors (Lipinski definition) is 4. The van der Waals surface area contributed by atoms with Crippen LogP contribution in [0.3, 0.4) is 0 Å². The summed E-state index contributed by atoms with van der Waals surface area (Å²) in [5.41, 5.74) is 6.74.